The number of hydrogen-bond acceptors (Lipinski definition) is 1. The average molecular weight is 207 g/mol. The van der Waals surface area contributed by atoms with Crippen molar-refractivity contribution in [3.8, 4) is 0 Å². The Balaban J connectivity index is 2.05. The van der Waals surface area contributed by atoms with Crippen LogP contribution in [0.25, 0.3) is 0 Å². The molecule has 0 amide bonds. The van der Waals surface area contributed by atoms with Crippen LogP contribution in [-0.4, -0.2) is 18.0 Å². The fourth-order valence-corrected chi connectivity index (χ4v) is 2.26. The first kappa shape index (κ1) is 10.6. The molecule has 1 fully saturated rings. The summed E-state index contributed by atoms with van der Waals surface area (Å²) in [6.45, 7) is 4.57. The third-order valence-electron chi connectivity index (χ3n) is 3.29. The molecular weight excluding hydrogens is 189 g/mol. The van der Waals surface area contributed by atoms with Crippen LogP contribution in [-0.2, 0) is 0 Å². The lowest BCUT2D eigenvalue weighted by Crippen LogP contribution is -2.32. The Morgan fingerprint density at radius 2 is 1.67 bits per heavy atom. The zero-order valence-corrected chi connectivity index (χ0v) is 9.25. The van der Waals surface area contributed by atoms with Gasteiger partial charge in [-0.2, -0.15) is 0 Å². The molecule has 1 aromatic rings. The van der Waals surface area contributed by atoms with Crippen LogP contribution in [0.15, 0.2) is 24.3 Å². The molecular formula is C13H18FN. The minimum Gasteiger partial charge on any atom is -0.297 e. The summed E-state index contributed by atoms with van der Waals surface area (Å²) >= 11 is 0. The molecule has 1 saturated heterocycles. The second-order valence-corrected chi connectivity index (χ2v) is 4.32. The normalized spacial score (nSPS) is 20.1. The highest BCUT2D eigenvalue weighted by atomic mass is 19.1. The van der Waals surface area contributed by atoms with E-state index >= 15 is 0 Å². The van der Waals surface area contributed by atoms with Crippen molar-refractivity contribution in [1.29, 1.82) is 0 Å². The molecule has 15 heavy (non-hydrogen) atoms. The lowest BCUT2D eigenvalue weighted by atomic mass is 10.0. The van der Waals surface area contributed by atoms with Crippen molar-refractivity contribution >= 4 is 0 Å². The Hall–Kier alpha value is -0.890. The van der Waals surface area contributed by atoms with Gasteiger partial charge in [-0.15, -0.1) is 0 Å². The van der Waals surface area contributed by atoms with E-state index in [9.17, 15) is 4.39 Å². The number of nitrogens with zero attached hydrogens (tertiary/aromatic N) is 1. The minimum absolute atomic E-state index is 0.149. The zero-order valence-electron chi connectivity index (χ0n) is 9.25. The SMILES string of the molecule is CC(c1ccc(F)cc1)N1CCCCC1. The largest absolute Gasteiger partial charge is 0.297 e. The van der Waals surface area contributed by atoms with Crippen molar-refractivity contribution in [2.24, 2.45) is 0 Å². The van der Waals surface area contributed by atoms with Crippen molar-refractivity contribution in [2.75, 3.05) is 13.1 Å². The van der Waals surface area contributed by atoms with Crippen molar-refractivity contribution in [3.05, 3.63) is 35.6 Å². The van der Waals surface area contributed by atoms with Crippen LogP contribution in [0.3, 0.4) is 0 Å². The van der Waals surface area contributed by atoms with Crippen LogP contribution >= 0.6 is 0 Å². The topological polar surface area (TPSA) is 3.24 Å². The van der Waals surface area contributed by atoms with E-state index in [0.29, 0.717) is 6.04 Å². The Morgan fingerprint density at radius 3 is 2.27 bits per heavy atom. The highest BCUT2D eigenvalue weighted by molar-refractivity contribution is 5.19. The van der Waals surface area contributed by atoms with E-state index in [1.807, 2.05) is 12.1 Å². The van der Waals surface area contributed by atoms with E-state index in [2.05, 4.69) is 11.8 Å². The molecule has 1 aromatic carbocycles. The molecule has 1 atom stereocenters. The average Bonchev–Trinajstić information content (AvgIpc) is 2.30. The monoisotopic (exact) mass is 207 g/mol. The summed E-state index contributed by atoms with van der Waals surface area (Å²) in [6.07, 6.45) is 3.95. The first-order chi connectivity index (χ1) is 7.27. The molecule has 0 spiro atoms. The van der Waals surface area contributed by atoms with Gasteiger partial charge in [0.25, 0.3) is 0 Å². The molecule has 2 rings (SSSR count). The summed E-state index contributed by atoms with van der Waals surface area (Å²) in [4.78, 5) is 2.48. The molecule has 0 bridgehead atoms. The maximum atomic E-state index is 12.8. The van der Waals surface area contributed by atoms with E-state index in [4.69, 9.17) is 0 Å². The standard InChI is InChI=1S/C13H18FN/c1-11(15-9-3-2-4-10-15)12-5-7-13(14)8-6-12/h5-8,11H,2-4,9-10H2,1H3. The van der Waals surface area contributed by atoms with Crippen molar-refractivity contribution in [1.82, 2.24) is 4.90 Å². The Kier molecular flexibility index (Phi) is 3.37. The summed E-state index contributed by atoms with van der Waals surface area (Å²) in [5, 5.41) is 0. The smallest absolute Gasteiger partial charge is 0.123 e. The maximum absolute atomic E-state index is 12.8. The van der Waals surface area contributed by atoms with Crippen LogP contribution in [0.1, 0.15) is 37.8 Å². The van der Waals surface area contributed by atoms with Gasteiger partial charge in [-0.05, 0) is 50.6 Å². The molecule has 0 N–H and O–H groups in total. The minimum atomic E-state index is -0.149. The van der Waals surface area contributed by atoms with Gasteiger partial charge in [0.05, 0.1) is 0 Å². The van der Waals surface area contributed by atoms with Crippen LogP contribution in [0.4, 0.5) is 4.39 Å². The summed E-state index contributed by atoms with van der Waals surface area (Å²) < 4.78 is 12.8. The van der Waals surface area contributed by atoms with E-state index in [-0.39, 0.29) is 5.82 Å². The van der Waals surface area contributed by atoms with Gasteiger partial charge >= 0.3 is 0 Å². The molecule has 1 aliphatic heterocycles. The second kappa shape index (κ2) is 4.75. The Bertz CT molecular complexity index is 301. The third-order valence-corrected chi connectivity index (χ3v) is 3.29. The number of rotatable bonds is 2. The molecule has 1 heterocycles. The van der Waals surface area contributed by atoms with Gasteiger partial charge in [0.2, 0.25) is 0 Å². The van der Waals surface area contributed by atoms with Gasteiger partial charge in [0, 0.05) is 6.04 Å². The predicted octanol–water partition coefficient (Wildman–Crippen LogP) is 3.37. The summed E-state index contributed by atoms with van der Waals surface area (Å²) in [5.41, 5.74) is 1.22. The molecule has 0 saturated carbocycles. The lowest BCUT2D eigenvalue weighted by molar-refractivity contribution is 0.175. The molecule has 1 aliphatic rings. The van der Waals surface area contributed by atoms with E-state index in [1.165, 1.54) is 37.9 Å². The Labute approximate surface area is 90.9 Å². The van der Waals surface area contributed by atoms with Gasteiger partial charge < -0.3 is 0 Å². The summed E-state index contributed by atoms with van der Waals surface area (Å²) in [7, 11) is 0. The van der Waals surface area contributed by atoms with Gasteiger partial charge in [-0.25, -0.2) is 4.39 Å². The number of likely N-dealkylation sites (tertiary alicyclic amines) is 1. The number of benzene rings is 1. The predicted molar refractivity (Wildman–Crippen MR) is 60.2 cm³/mol. The zero-order chi connectivity index (χ0) is 10.7. The lowest BCUT2D eigenvalue weighted by Gasteiger charge is -2.32. The summed E-state index contributed by atoms with van der Waals surface area (Å²) in [5.74, 6) is -0.149. The van der Waals surface area contributed by atoms with Crippen LogP contribution < -0.4 is 0 Å². The van der Waals surface area contributed by atoms with Gasteiger partial charge in [-0.3, -0.25) is 4.90 Å². The quantitative estimate of drug-likeness (QED) is 0.718. The molecule has 0 aliphatic carbocycles. The molecule has 0 radical (unpaired) electrons. The molecule has 0 aromatic heterocycles. The van der Waals surface area contributed by atoms with Crippen molar-refractivity contribution in [3.63, 3.8) is 0 Å². The second-order valence-electron chi connectivity index (χ2n) is 4.32. The number of hydrogen-bond donors (Lipinski definition) is 0. The Morgan fingerprint density at radius 1 is 1.07 bits per heavy atom. The fraction of sp³-hybridized carbons (Fsp3) is 0.538. The third kappa shape index (κ3) is 2.57. The van der Waals surface area contributed by atoms with Gasteiger partial charge in [-0.1, -0.05) is 18.6 Å². The highest BCUT2D eigenvalue weighted by Gasteiger charge is 2.17. The molecule has 1 unspecified atom stereocenters. The van der Waals surface area contributed by atoms with Crippen molar-refractivity contribution < 1.29 is 4.39 Å². The first-order valence-electron chi connectivity index (χ1n) is 5.77. The fourth-order valence-electron chi connectivity index (χ4n) is 2.26. The van der Waals surface area contributed by atoms with E-state index in [0.717, 1.165) is 0 Å². The number of halogens is 1. The summed E-state index contributed by atoms with van der Waals surface area (Å²) in [6, 6.07) is 7.32. The van der Waals surface area contributed by atoms with E-state index in [1.54, 1.807) is 12.1 Å². The van der Waals surface area contributed by atoms with Gasteiger partial charge in [0.15, 0.2) is 0 Å². The molecule has 1 nitrogen and oxygen atoms in total. The van der Waals surface area contributed by atoms with Crippen LogP contribution in [0.2, 0.25) is 0 Å². The first-order valence-corrected chi connectivity index (χ1v) is 5.77. The highest BCUT2D eigenvalue weighted by Crippen LogP contribution is 2.23. The number of piperidine rings is 1. The maximum Gasteiger partial charge on any atom is 0.123 e. The van der Waals surface area contributed by atoms with Crippen molar-refractivity contribution in [2.45, 2.75) is 32.2 Å². The molecule has 82 valence electrons. The van der Waals surface area contributed by atoms with Crippen LogP contribution in [0.5, 0.6) is 0 Å². The van der Waals surface area contributed by atoms with E-state index < -0.39 is 0 Å². The van der Waals surface area contributed by atoms with Crippen LogP contribution in [0, 0.1) is 5.82 Å². The van der Waals surface area contributed by atoms with Gasteiger partial charge in [0.1, 0.15) is 5.82 Å². The molecule has 2 heteroatoms.